The van der Waals surface area contributed by atoms with Crippen LogP contribution in [0.4, 0.5) is 4.39 Å². The fourth-order valence-corrected chi connectivity index (χ4v) is 4.15. The Morgan fingerprint density at radius 1 is 0.871 bits per heavy atom. The largest absolute Gasteiger partial charge is 0.352 e. The van der Waals surface area contributed by atoms with E-state index in [1.54, 1.807) is 17.0 Å². The Morgan fingerprint density at radius 2 is 1.52 bits per heavy atom. The zero-order valence-corrected chi connectivity index (χ0v) is 17.2. The van der Waals surface area contributed by atoms with Gasteiger partial charge < -0.3 is 10.2 Å². The normalized spacial score (nSPS) is 18.4. The minimum absolute atomic E-state index is 0.0359. The molecule has 3 aromatic rings. The molecule has 1 heterocycles. The fourth-order valence-electron chi connectivity index (χ4n) is 4.15. The first-order valence-corrected chi connectivity index (χ1v) is 10.6. The van der Waals surface area contributed by atoms with Gasteiger partial charge in [-0.15, -0.1) is 0 Å². The molecule has 4 rings (SSSR count). The van der Waals surface area contributed by atoms with Crippen molar-refractivity contribution in [1.29, 1.82) is 0 Å². The molecule has 2 unspecified atom stereocenters. The molecule has 3 aromatic carbocycles. The molecule has 1 saturated heterocycles. The van der Waals surface area contributed by atoms with Gasteiger partial charge in [-0.25, -0.2) is 4.39 Å². The molecule has 1 N–H and O–H groups in total. The van der Waals surface area contributed by atoms with E-state index in [1.165, 1.54) is 12.1 Å². The molecule has 0 aromatic heterocycles. The van der Waals surface area contributed by atoms with Crippen molar-refractivity contribution >= 4 is 11.8 Å². The van der Waals surface area contributed by atoms with E-state index in [0.717, 1.165) is 11.1 Å². The standard InChI is InChI=1S/C26H25FN2O2/c27-23-14-8-7-13-22(23)26(31)29-18-21(15-16-24(29)20-11-5-2-6-12-20)25(30)28-17-19-9-3-1-4-10-19/h1-14,21,24H,15-18H2,(H,28,30). The van der Waals surface area contributed by atoms with Gasteiger partial charge in [0.25, 0.3) is 5.91 Å². The van der Waals surface area contributed by atoms with Crippen molar-refractivity contribution in [3.8, 4) is 0 Å². The topological polar surface area (TPSA) is 49.4 Å². The third kappa shape index (κ3) is 4.82. The van der Waals surface area contributed by atoms with E-state index in [2.05, 4.69) is 5.32 Å². The number of rotatable bonds is 5. The number of piperidine rings is 1. The Hall–Kier alpha value is -3.47. The molecule has 1 aliphatic rings. The van der Waals surface area contributed by atoms with E-state index in [0.29, 0.717) is 19.4 Å². The summed E-state index contributed by atoms with van der Waals surface area (Å²) in [6, 6.07) is 25.3. The zero-order valence-electron chi connectivity index (χ0n) is 17.2. The number of likely N-dealkylation sites (tertiary alicyclic amines) is 1. The van der Waals surface area contributed by atoms with Gasteiger partial charge in [0.2, 0.25) is 5.91 Å². The van der Waals surface area contributed by atoms with Gasteiger partial charge >= 0.3 is 0 Å². The predicted molar refractivity (Wildman–Crippen MR) is 118 cm³/mol. The van der Waals surface area contributed by atoms with E-state index in [-0.39, 0.29) is 35.9 Å². The second-order valence-electron chi connectivity index (χ2n) is 7.84. The van der Waals surface area contributed by atoms with Gasteiger partial charge in [-0.3, -0.25) is 9.59 Å². The van der Waals surface area contributed by atoms with Crippen LogP contribution in [-0.4, -0.2) is 23.3 Å². The SMILES string of the molecule is O=C(NCc1ccccc1)C1CCC(c2ccccc2)N(C(=O)c2ccccc2F)C1. The number of nitrogens with zero attached hydrogens (tertiary/aromatic N) is 1. The first-order chi connectivity index (χ1) is 15.1. The van der Waals surface area contributed by atoms with E-state index < -0.39 is 5.82 Å². The Kier molecular flexibility index (Phi) is 6.41. The van der Waals surface area contributed by atoms with E-state index in [4.69, 9.17) is 0 Å². The average Bonchev–Trinajstić information content (AvgIpc) is 2.83. The van der Waals surface area contributed by atoms with Crippen LogP contribution in [0.25, 0.3) is 0 Å². The van der Waals surface area contributed by atoms with Crippen LogP contribution in [0.5, 0.6) is 0 Å². The molecule has 0 saturated carbocycles. The van der Waals surface area contributed by atoms with Crippen molar-refractivity contribution in [1.82, 2.24) is 10.2 Å². The minimum atomic E-state index is -0.546. The summed E-state index contributed by atoms with van der Waals surface area (Å²) in [5.74, 6) is -1.34. The number of hydrogen-bond donors (Lipinski definition) is 1. The van der Waals surface area contributed by atoms with E-state index in [1.807, 2.05) is 60.7 Å². The summed E-state index contributed by atoms with van der Waals surface area (Å²) in [6.45, 7) is 0.701. The molecule has 4 nitrogen and oxygen atoms in total. The molecule has 0 bridgehead atoms. The van der Waals surface area contributed by atoms with Crippen molar-refractivity contribution < 1.29 is 14.0 Å². The minimum Gasteiger partial charge on any atom is -0.352 e. The number of hydrogen-bond acceptors (Lipinski definition) is 2. The molecule has 0 spiro atoms. The Balaban J connectivity index is 1.54. The lowest BCUT2D eigenvalue weighted by Crippen LogP contribution is -2.47. The highest BCUT2D eigenvalue weighted by atomic mass is 19.1. The fraction of sp³-hybridized carbons (Fsp3) is 0.231. The highest BCUT2D eigenvalue weighted by Crippen LogP contribution is 2.35. The Bertz CT molecular complexity index is 1040. The summed E-state index contributed by atoms with van der Waals surface area (Å²) in [5.41, 5.74) is 2.05. The van der Waals surface area contributed by atoms with Gasteiger partial charge in [-0.2, -0.15) is 0 Å². The molecule has 2 amide bonds. The predicted octanol–water partition coefficient (Wildman–Crippen LogP) is 4.74. The first-order valence-electron chi connectivity index (χ1n) is 10.6. The van der Waals surface area contributed by atoms with Crippen LogP contribution in [0.3, 0.4) is 0 Å². The van der Waals surface area contributed by atoms with Gasteiger partial charge in [-0.05, 0) is 36.1 Å². The molecule has 1 aliphatic heterocycles. The lowest BCUT2D eigenvalue weighted by molar-refractivity contribution is -0.127. The third-order valence-electron chi connectivity index (χ3n) is 5.81. The Morgan fingerprint density at radius 3 is 2.23 bits per heavy atom. The molecule has 31 heavy (non-hydrogen) atoms. The van der Waals surface area contributed by atoms with Crippen LogP contribution in [0.15, 0.2) is 84.9 Å². The molecule has 0 radical (unpaired) electrons. The maximum Gasteiger partial charge on any atom is 0.257 e. The molecular weight excluding hydrogens is 391 g/mol. The second-order valence-corrected chi connectivity index (χ2v) is 7.84. The van der Waals surface area contributed by atoms with Gasteiger partial charge in [-0.1, -0.05) is 72.8 Å². The number of carbonyl (C=O) groups is 2. The van der Waals surface area contributed by atoms with Crippen LogP contribution < -0.4 is 5.32 Å². The molecule has 1 fully saturated rings. The zero-order chi connectivity index (χ0) is 21.6. The van der Waals surface area contributed by atoms with Gasteiger partial charge in [0.1, 0.15) is 5.82 Å². The average molecular weight is 416 g/mol. The van der Waals surface area contributed by atoms with Gasteiger partial charge in [0.15, 0.2) is 0 Å². The maximum atomic E-state index is 14.4. The molecule has 5 heteroatoms. The van der Waals surface area contributed by atoms with E-state index in [9.17, 15) is 14.0 Å². The highest BCUT2D eigenvalue weighted by Gasteiger charge is 2.36. The summed E-state index contributed by atoms with van der Waals surface area (Å²) >= 11 is 0. The lowest BCUT2D eigenvalue weighted by atomic mass is 9.87. The van der Waals surface area contributed by atoms with Crippen LogP contribution in [0, 0.1) is 11.7 Å². The molecule has 2 atom stereocenters. The monoisotopic (exact) mass is 416 g/mol. The van der Waals surface area contributed by atoms with Crippen molar-refractivity contribution in [2.24, 2.45) is 5.92 Å². The van der Waals surface area contributed by atoms with Gasteiger partial charge in [0, 0.05) is 13.1 Å². The van der Waals surface area contributed by atoms with Crippen LogP contribution in [-0.2, 0) is 11.3 Å². The number of carbonyl (C=O) groups excluding carboxylic acids is 2. The van der Waals surface area contributed by atoms with Crippen molar-refractivity contribution in [3.63, 3.8) is 0 Å². The number of halogens is 1. The molecule has 0 aliphatic carbocycles. The van der Waals surface area contributed by atoms with E-state index >= 15 is 0 Å². The lowest BCUT2D eigenvalue weighted by Gasteiger charge is -2.39. The number of amides is 2. The van der Waals surface area contributed by atoms with Gasteiger partial charge in [0.05, 0.1) is 17.5 Å². The highest BCUT2D eigenvalue weighted by molar-refractivity contribution is 5.95. The second kappa shape index (κ2) is 9.56. The quantitative estimate of drug-likeness (QED) is 0.653. The van der Waals surface area contributed by atoms with Crippen LogP contribution in [0.2, 0.25) is 0 Å². The first kappa shape index (κ1) is 20.8. The number of benzene rings is 3. The summed E-state index contributed by atoms with van der Waals surface area (Å²) in [7, 11) is 0. The summed E-state index contributed by atoms with van der Waals surface area (Å²) in [5, 5.41) is 2.98. The van der Waals surface area contributed by atoms with Crippen LogP contribution >= 0.6 is 0 Å². The third-order valence-corrected chi connectivity index (χ3v) is 5.81. The Labute approximate surface area is 181 Å². The molecular formula is C26H25FN2O2. The summed E-state index contributed by atoms with van der Waals surface area (Å²) in [6.07, 6.45) is 1.31. The smallest absolute Gasteiger partial charge is 0.257 e. The van der Waals surface area contributed by atoms with Crippen molar-refractivity contribution in [3.05, 3.63) is 107 Å². The maximum absolute atomic E-state index is 14.4. The van der Waals surface area contributed by atoms with Crippen molar-refractivity contribution in [2.45, 2.75) is 25.4 Å². The van der Waals surface area contributed by atoms with Crippen molar-refractivity contribution in [2.75, 3.05) is 6.54 Å². The number of nitrogens with one attached hydrogen (secondary N) is 1. The molecule has 158 valence electrons. The summed E-state index contributed by atoms with van der Waals surface area (Å²) < 4.78 is 14.4. The summed E-state index contributed by atoms with van der Waals surface area (Å²) in [4.78, 5) is 27.8. The van der Waals surface area contributed by atoms with Crippen LogP contribution in [0.1, 0.15) is 40.4 Å².